The summed E-state index contributed by atoms with van der Waals surface area (Å²) in [5.74, 6) is 0.198. The van der Waals surface area contributed by atoms with Gasteiger partial charge in [0, 0.05) is 37.0 Å². The zero-order chi connectivity index (χ0) is 35.1. The molecule has 8 fully saturated rings. The van der Waals surface area contributed by atoms with Crippen molar-refractivity contribution in [3.63, 3.8) is 0 Å². The molecule has 0 aromatic rings. The van der Waals surface area contributed by atoms with Crippen LogP contribution in [-0.2, 0) is 19.0 Å². The largest absolute Gasteiger partial charge is 0.481 e. The number of carboxylic acid groups (broad SMARTS) is 1. The van der Waals surface area contributed by atoms with Crippen LogP contribution >= 0.6 is 0 Å². The van der Waals surface area contributed by atoms with Crippen LogP contribution in [0.3, 0.4) is 0 Å². The van der Waals surface area contributed by atoms with Gasteiger partial charge < -0.3 is 34.2 Å². The number of likely N-dealkylation sites (tertiary alicyclic amines) is 2. The van der Waals surface area contributed by atoms with Gasteiger partial charge in [0.05, 0.1) is 24.2 Å². The predicted molar refractivity (Wildman–Crippen MR) is 180 cm³/mol. The number of hydrogen-bond donors (Lipinski definition) is 2. The maximum atomic E-state index is 13.1. The van der Waals surface area contributed by atoms with Gasteiger partial charge in [-0.1, -0.05) is 48.5 Å². The molecular formula is C39H60N2O8. The van der Waals surface area contributed by atoms with E-state index in [0.29, 0.717) is 17.8 Å². The molecule has 3 unspecified atom stereocenters. The first-order chi connectivity index (χ1) is 23.0. The molecule has 0 aromatic heterocycles. The lowest BCUT2D eigenvalue weighted by atomic mass is 9.41. The summed E-state index contributed by atoms with van der Waals surface area (Å²) in [7, 11) is 0. The van der Waals surface area contributed by atoms with Crippen LogP contribution in [0.5, 0.6) is 0 Å². The first-order valence-electron chi connectivity index (χ1n) is 19.5. The molecule has 0 radical (unpaired) electrons. The SMILES string of the molecule is CC(C)[C@@H](OC(=O)N1CCC1)C1C[C@@H](C)[C@H]2C(O1)[C@H](O)[C@@]1(C)C3CC[C@H]4C(C)(C)[C@@H](OC(=O)N5CC(C(=O)O)C5)CC[C@@]45C[C@@]35CC[C@]21C. The van der Waals surface area contributed by atoms with Crippen molar-refractivity contribution in [3.8, 4) is 0 Å². The fourth-order valence-corrected chi connectivity index (χ4v) is 14.0. The van der Waals surface area contributed by atoms with Crippen LogP contribution in [0.25, 0.3) is 0 Å². The van der Waals surface area contributed by atoms with E-state index >= 15 is 0 Å². The number of hydrogen-bond acceptors (Lipinski definition) is 7. The van der Waals surface area contributed by atoms with E-state index in [1.54, 1.807) is 4.90 Å². The van der Waals surface area contributed by atoms with Crippen LogP contribution in [-0.4, -0.2) is 94.9 Å². The van der Waals surface area contributed by atoms with Crippen molar-refractivity contribution in [2.75, 3.05) is 26.2 Å². The molecule has 13 atom stereocenters. The van der Waals surface area contributed by atoms with Gasteiger partial charge in [-0.15, -0.1) is 0 Å². The Morgan fingerprint density at radius 3 is 2.20 bits per heavy atom. The molecule has 0 aromatic carbocycles. The summed E-state index contributed by atoms with van der Waals surface area (Å²) in [6, 6.07) is 0. The standard InChI is InChI=1S/C39H60N2O8/c1-21(2)29(49-33(45)40-15-8-16-40)24-17-22(3)28-30(47-24)31(42)37(7)26-10-9-25-35(4,5)27(48-34(46)41-18-23(19-41)32(43)44)11-12-38(25)20-39(26,38)14-13-36(28,37)6/h21-31,42H,8-20H2,1-7H3,(H,43,44)/t22-,24?,25+,26?,27+,28+,29-,30?,31+,36-,37-,38-,39+/m1/s1. The van der Waals surface area contributed by atoms with Gasteiger partial charge in [0.15, 0.2) is 0 Å². The van der Waals surface area contributed by atoms with Crippen molar-refractivity contribution in [3.05, 3.63) is 0 Å². The van der Waals surface area contributed by atoms with Gasteiger partial charge in [0.2, 0.25) is 0 Å². The van der Waals surface area contributed by atoms with Crippen molar-refractivity contribution < 1.29 is 38.8 Å². The lowest BCUT2D eigenvalue weighted by molar-refractivity contribution is -0.186. The maximum absolute atomic E-state index is 13.1. The van der Waals surface area contributed by atoms with Crippen LogP contribution < -0.4 is 0 Å². The Morgan fingerprint density at radius 1 is 0.898 bits per heavy atom. The zero-order valence-corrected chi connectivity index (χ0v) is 30.8. The zero-order valence-electron chi connectivity index (χ0n) is 30.8. The lowest BCUT2D eigenvalue weighted by Crippen LogP contribution is -2.60. The molecule has 10 nitrogen and oxygen atoms in total. The van der Waals surface area contributed by atoms with Crippen molar-refractivity contribution in [2.24, 2.45) is 62.6 Å². The fraction of sp³-hybridized carbons (Fsp3) is 0.923. The summed E-state index contributed by atoms with van der Waals surface area (Å²) in [4.78, 5) is 40.6. The average molecular weight is 685 g/mol. The summed E-state index contributed by atoms with van der Waals surface area (Å²) in [5.41, 5.74) is -0.136. The van der Waals surface area contributed by atoms with Crippen LogP contribution in [0.15, 0.2) is 0 Å². The van der Waals surface area contributed by atoms with Crippen LogP contribution in [0, 0.1) is 62.6 Å². The number of amides is 2. The highest BCUT2D eigenvalue weighted by Crippen LogP contribution is 2.89. The van der Waals surface area contributed by atoms with Crippen LogP contribution in [0.1, 0.15) is 106 Å². The second-order valence-corrected chi connectivity index (χ2v) is 19.3. The van der Waals surface area contributed by atoms with Gasteiger partial charge in [-0.3, -0.25) is 4.79 Å². The van der Waals surface area contributed by atoms with E-state index in [4.69, 9.17) is 14.2 Å². The topological polar surface area (TPSA) is 126 Å². The van der Waals surface area contributed by atoms with Gasteiger partial charge in [-0.2, -0.15) is 0 Å². The molecule has 49 heavy (non-hydrogen) atoms. The Bertz CT molecular complexity index is 1390. The number of carbonyl (C=O) groups excluding carboxylic acids is 2. The first kappa shape index (κ1) is 34.0. The van der Waals surface area contributed by atoms with E-state index in [1.807, 2.05) is 0 Å². The van der Waals surface area contributed by atoms with Gasteiger partial charge >= 0.3 is 18.2 Å². The van der Waals surface area contributed by atoms with Crippen molar-refractivity contribution in [1.82, 2.24) is 9.80 Å². The molecule has 274 valence electrons. The number of aliphatic hydroxyl groups is 1. The number of rotatable bonds is 5. The number of aliphatic carboxylic acids is 1. The van der Waals surface area contributed by atoms with Gasteiger partial charge in [0.25, 0.3) is 0 Å². The molecule has 2 N–H and O–H groups in total. The summed E-state index contributed by atoms with van der Waals surface area (Å²) in [5, 5.41) is 21.9. The Kier molecular flexibility index (Phi) is 7.62. The third-order valence-corrected chi connectivity index (χ3v) is 16.9. The van der Waals surface area contributed by atoms with E-state index in [-0.39, 0.29) is 88.6 Å². The van der Waals surface area contributed by atoms with E-state index in [1.165, 1.54) is 17.7 Å². The number of aliphatic hydroxyl groups excluding tert-OH is 1. The van der Waals surface area contributed by atoms with E-state index in [9.17, 15) is 24.6 Å². The molecule has 8 rings (SSSR count). The molecule has 5 saturated carbocycles. The number of carboxylic acids is 1. The van der Waals surface area contributed by atoms with Crippen molar-refractivity contribution in [1.29, 1.82) is 0 Å². The molecule has 3 saturated heterocycles. The smallest absolute Gasteiger partial charge is 0.410 e. The van der Waals surface area contributed by atoms with Gasteiger partial charge in [-0.25, -0.2) is 9.59 Å². The van der Waals surface area contributed by atoms with Crippen molar-refractivity contribution in [2.45, 2.75) is 137 Å². The molecule has 3 heterocycles. The Hall–Kier alpha value is -2.07. The highest BCUT2D eigenvalue weighted by Gasteiger charge is 2.84. The Morgan fingerprint density at radius 2 is 1.57 bits per heavy atom. The second-order valence-electron chi connectivity index (χ2n) is 19.3. The van der Waals surface area contributed by atoms with Crippen LogP contribution in [0.4, 0.5) is 9.59 Å². The molecule has 2 spiro atoms. The average Bonchev–Trinajstić information content (AvgIpc) is 3.60. The van der Waals surface area contributed by atoms with Crippen molar-refractivity contribution >= 4 is 18.2 Å². The first-order valence-corrected chi connectivity index (χ1v) is 19.5. The lowest BCUT2D eigenvalue weighted by Gasteiger charge is -2.63. The highest BCUT2D eigenvalue weighted by atomic mass is 16.6. The quantitative estimate of drug-likeness (QED) is 0.351. The summed E-state index contributed by atoms with van der Waals surface area (Å²) < 4.78 is 19.3. The number of carbonyl (C=O) groups is 3. The molecule has 5 aliphatic carbocycles. The summed E-state index contributed by atoms with van der Waals surface area (Å²) in [6.45, 7) is 18.0. The molecule has 0 bridgehead atoms. The van der Waals surface area contributed by atoms with E-state index in [0.717, 1.165) is 58.0 Å². The molecule has 8 aliphatic rings. The highest BCUT2D eigenvalue weighted by molar-refractivity contribution is 5.76. The maximum Gasteiger partial charge on any atom is 0.410 e. The monoisotopic (exact) mass is 684 g/mol. The number of fused-ring (bicyclic) bond motifs is 4. The fourth-order valence-electron chi connectivity index (χ4n) is 14.0. The Labute approximate surface area is 291 Å². The predicted octanol–water partition coefficient (Wildman–Crippen LogP) is 6.19. The Balaban J connectivity index is 1.01. The van der Waals surface area contributed by atoms with Crippen LogP contribution in [0.2, 0.25) is 0 Å². The third kappa shape index (κ3) is 4.40. The molecule has 2 amide bonds. The molecular weight excluding hydrogens is 624 g/mol. The normalized spacial score (nSPS) is 48.4. The van der Waals surface area contributed by atoms with E-state index < -0.39 is 18.0 Å². The minimum Gasteiger partial charge on any atom is -0.481 e. The minimum absolute atomic E-state index is 0.0527. The summed E-state index contributed by atoms with van der Waals surface area (Å²) in [6.07, 6.45) is 7.09. The number of ether oxygens (including phenoxy) is 3. The van der Waals surface area contributed by atoms with Gasteiger partial charge in [-0.05, 0) is 104 Å². The number of nitrogens with zero attached hydrogens (tertiary/aromatic N) is 2. The molecule has 10 heteroatoms. The molecule has 3 aliphatic heterocycles. The second kappa shape index (κ2) is 11.0. The third-order valence-electron chi connectivity index (χ3n) is 16.9. The van der Waals surface area contributed by atoms with Gasteiger partial charge in [0.1, 0.15) is 12.2 Å². The minimum atomic E-state index is -0.854. The summed E-state index contributed by atoms with van der Waals surface area (Å²) >= 11 is 0. The van der Waals surface area contributed by atoms with E-state index in [2.05, 4.69) is 48.5 Å².